The molecule has 1 aliphatic heterocycles. The van der Waals surface area contributed by atoms with Crippen LogP contribution in [0.15, 0.2) is 77.0 Å². The Balaban J connectivity index is 1.39. The summed E-state index contributed by atoms with van der Waals surface area (Å²) in [7, 11) is 1.48. The van der Waals surface area contributed by atoms with Crippen molar-refractivity contribution in [1.29, 1.82) is 5.26 Å². The topological polar surface area (TPSA) is 143 Å². The Labute approximate surface area is 270 Å². The maximum atomic E-state index is 12.7. The van der Waals surface area contributed by atoms with Gasteiger partial charge in [0, 0.05) is 11.3 Å². The minimum Gasteiger partial charge on any atom is -0.493 e. The number of hydrazone groups is 1. The molecule has 1 aliphatic rings. The fourth-order valence-electron chi connectivity index (χ4n) is 4.40. The van der Waals surface area contributed by atoms with E-state index in [4.69, 9.17) is 48.0 Å². The van der Waals surface area contributed by atoms with Crippen LogP contribution in [0, 0.1) is 11.3 Å². The fraction of sp³-hybridized carbons (Fsp3) is 0.219. The van der Waals surface area contributed by atoms with E-state index in [1.807, 2.05) is 0 Å². The average molecular weight is 648 g/mol. The number of halogens is 1. The second-order valence-corrected chi connectivity index (χ2v) is 10.4. The molecule has 0 bridgehead atoms. The van der Waals surface area contributed by atoms with Crippen LogP contribution < -0.4 is 30.3 Å². The van der Waals surface area contributed by atoms with Gasteiger partial charge in [-0.3, -0.25) is 4.79 Å². The summed E-state index contributed by atoms with van der Waals surface area (Å²) in [6.07, 6.45) is 1.41. The van der Waals surface area contributed by atoms with Crippen LogP contribution >= 0.6 is 23.8 Å². The third-order valence-corrected chi connectivity index (χ3v) is 6.97. The number of para-hydroxylation sites is 1. The summed E-state index contributed by atoms with van der Waals surface area (Å²) < 4.78 is 22.4. The van der Waals surface area contributed by atoms with E-state index < -0.39 is 17.9 Å². The minimum atomic E-state index is -0.647. The fourth-order valence-corrected chi connectivity index (χ4v) is 4.94. The smallest absolute Gasteiger partial charge is 0.338 e. The lowest BCUT2D eigenvalue weighted by Crippen LogP contribution is -2.45. The van der Waals surface area contributed by atoms with E-state index in [1.54, 1.807) is 74.5 Å². The largest absolute Gasteiger partial charge is 0.493 e. The Morgan fingerprint density at radius 1 is 1.13 bits per heavy atom. The van der Waals surface area contributed by atoms with Crippen molar-refractivity contribution < 1.29 is 28.5 Å². The SMILES string of the molecule is CCOC(=O)C1=C(C)NC(=S)N[C@@H]1c1ccccc1OCC(=O)NN=Cc1cc(Cl)c(OCc2ccc(C#N)cc2)c(OC)c1. The molecule has 3 N–H and O–H groups in total. The number of hydrogen-bond donors (Lipinski definition) is 3. The van der Waals surface area contributed by atoms with Gasteiger partial charge in [0.1, 0.15) is 12.4 Å². The highest BCUT2D eigenvalue weighted by Crippen LogP contribution is 2.37. The molecule has 0 saturated heterocycles. The van der Waals surface area contributed by atoms with Crippen molar-refractivity contribution in [3.63, 3.8) is 0 Å². The lowest BCUT2D eigenvalue weighted by Gasteiger charge is -2.30. The molecule has 45 heavy (non-hydrogen) atoms. The average Bonchev–Trinajstić information content (AvgIpc) is 3.03. The molecule has 0 radical (unpaired) electrons. The molecule has 1 heterocycles. The Morgan fingerprint density at radius 3 is 2.60 bits per heavy atom. The van der Waals surface area contributed by atoms with E-state index in [-0.39, 0.29) is 24.8 Å². The quantitative estimate of drug-likeness (QED) is 0.110. The highest BCUT2D eigenvalue weighted by Gasteiger charge is 2.32. The normalized spacial score (nSPS) is 14.2. The summed E-state index contributed by atoms with van der Waals surface area (Å²) >= 11 is 11.8. The predicted octanol–water partition coefficient (Wildman–Crippen LogP) is 4.68. The van der Waals surface area contributed by atoms with Crippen LogP contribution in [0.25, 0.3) is 0 Å². The molecule has 1 amide bonds. The zero-order valence-corrected chi connectivity index (χ0v) is 26.3. The number of esters is 1. The summed E-state index contributed by atoms with van der Waals surface area (Å²) in [6.45, 7) is 3.54. The molecule has 0 fully saturated rings. The Kier molecular flexibility index (Phi) is 11.3. The molecule has 0 unspecified atom stereocenters. The zero-order chi connectivity index (χ0) is 32.3. The molecule has 232 valence electrons. The molecule has 0 aromatic heterocycles. The summed E-state index contributed by atoms with van der Waals surface area (Å²) in [5.74, 6) is 0.0828. The number of allylic oxidation sites excluding steroid dienone is 1. The van der Waals surface area contributed by atoms with Gasteiger partial charge in [0.15, 0.2) is 23.2 Å². The molecule has 11 nitrogen and oxygen atoms in total. The van der Waals surface area contributed by atoms with Crippen molar-refractivity contribution >= 4 is 47.0 Å². The van der Waals surface area contributed by atoms with Crippen molar-refractivity contribution in [3.8, 4) is 23.3 Å². The van der Waals surface area contributed by atoms with Gasteiger partial charge in [-0.1, -0.05) is 41.9 Å². The number of benzene rings is 3. The molecule has 4 rings (SSSR count). The van der Waals surface area contributed by atoms with E-state index in [1.165, 1.54) is 13.3 Å². The lowest BCUT2D eigenvalue weighted by molar-refractivity contribution is -0.139. The number of nitrogens with zero attached hydrogens (tertiary/aromatic N) is 2. The number of ether oxygens (including phenoxy) is 4. The first-order chi connectivity index (χ1) is 21.7. The van der Waals surface area contributed by atoms with E-state index in [9.17, 15) is 9.59 Å². The molecular weight excluding hydrogens is 618 g/mol. The molecule has 1 atom stereocenters. The molecule has 0 spiro atoms. The predicted molar refractivity (Wildman–Crippen MR) is 172 cm³/mol. The first-order valence-electron chi connectivity index (χ1n) is 13.7. The maximum absolute atomic E-state index is 12.7. The number of methoxy groups -OCH3 is 1. The van der Waals surface area contributed by atoms with Crippen LogP contribution in [0.2, 0.25) is 5.02 Å². The van der Waals surface area contributed by atoms with Crippen molar-refractivity contribution in [2.45, 2.75) is 26.5 Å². The standard InChI is InChI=1S/C32H30ClN5O6S/c1-4-42-31(40)28-19(2)36-32(45)37-29(28)23-7-5-6-8-25(23)43-18-27(39)38-35-16-22-13-24(33)30(26(14-22)41-3)44-17-21-11-9-20(15-34)10-12-21/h5-14,16,29H,4,17-18H2,1-3H3,(H,38,39)(H2,36,37,45)/t29-/m1/s1. The van der Waals surface area contributed by atoms with Gasteiger partial charge >= 0.3 is 5.97 Å². The zero-order valence-electron chi connectivity index (χ0n) is 24.7. The van der Waals surface area contributed by atoms with Gasteiger partial charge in [-0.25, -0.2) is 10.2 Å². The number of carbonyl (C=O) groups excluding carboxylic acids is 2. The van der Waals surface area contributed by atoms with Gasteiger partial charge in [-0.15, -0.1) is 0 Å². The van der Waals surface area contributed by atoms with Crippen LogP contribution in [0.4, 0.5) is 0 Å². The van der Waals surface area contributed by atoms with Crippen molar-refractivity contribution in [2.75, 3.05) is 20.3 Å². The highest BCUT2D eigenvalue weighted by molar-refractivity contribution is 7.80. The molecule has 13 heteroatoms. The van der Waals surface area contributed by atoms with Crippen molar-refractivity contribution in [2.24, 2.45) is 5.10 Å². The molecule has 3 aromatic carbocycles. The Morgan fingerprint density at radius 2 is 1.89 bits per heavy atom. The number of amides is 1. The second-order valence-electron chi connectivity index (χ2n) is 9.54. The van der Waals surface area contributed by atoms with E-state index in [0.717, 1.165) is 5.56 Å². The molecule has 0 saturated carbocycles. The number of hydrogen-bond acceptors (Lipinski definition) is 9. The van der Waals surface area contributed by atoms with Gasteiger partial charge < -0.3 is 29.6 Å². The first-order valence-corrected chi connectivity index (χ1v) is 14.5. The number of rotatable bonds is 12. The maximum Gasteiger partial charge on any atom is 0.338 e. The van der Waals surface area contributed by atoms with Crippen molar-refractivity contribution in [3.05, 3.63) is 99.2 Å². The monoisotopic (exact) mass is 647 g/mol. The first kappa shape index (κ1) is 32.8. The minimum absolute atomic E-state index is 0.211. The van der Waals surface area contributed by atoms with Gasteiger partial charge in [0.2, 0.25) is 0 Å². The van der Waals surface area contributed by atoms with Gasteiger partial charge in [-0.2, -0.15) is 10.4 Å². The van der Waals surface area contributed by atoms with Crippen LogP contribution in [0.1, 0.15) is 42.1 Å². The third-order valence-electron chi connectivity index (χ3n) is 6.47. The molecular formula is C32H30ClN5O6S. The summed E-state index contributed by atoms with van der Waals surface area (Å²) in [6, 6.07) is 18.7. The molecule has 0 aliphatic carbocycles. The van der Waals surface area contributed by atoms with Crippen LogP contribution in [0.3, 0.4) is 0 Å². The number of nitrogens with one attached hydrogen (secondary N) is 3. The lowest BCUT2D eigenvalue weighted by atomic mass is 9.95. The number of nitriles is 1. The van der Waals surface area contributed by atoms with Gasteiger partial charge in [-0.05, 0) is 67.5 Å². The Hall–Kier alpha value is -5.12. The summed E-state index contributed by atoms with van der Waals surface area (Å²) in [4.78, 5) is 25.3. The number of thiocarbonyl (C=S) groups is 1. The van der Waals surface area contributed by atoms with Gasteiger partial charge in [0.05, 0.1) is 48.2 Å². The van der Waals surface area contributed by atoms with E-state index in [0.29, 0.717) is 50.3 Å². The van der Waals surface area contributed by atoms with Gasteiger partial charge in [0.25, 0.3) is 5.91 Å². The Bertz CT molecular complexity index is 1690. The van der Waals surface area contributed by atoms with Crippen molar-refractivity contribution in [1.82, 2.24) is 16.1 Å². The van der Waals surface area contributed by atoms with E-state index >= 15 is 0 Å². The third kappa shape index (κ3) is 8.50. The van der Waals surface area contributed by atoms with E-state index in [2.05, 4.69) is 27.2 Å². The molecule has 3 aromatic rings. The van der Waals surface area contributed by atoms with Crippen LogP contribution in [-0.2, 0) is 20.9 Å². The summed E-state index contributed by atoms with van der Waals surface area (Å²) in [5, 5.41) is 19.6. The van der Waals surface area contributed by atoms with Crippen LogP contribution in [-0.4, -0.2) is 43.5 Å². The summed E-state index contributed by atoms with van der Waals surface area (Å²) in [5.41, 5.74) is 5.90. The highest BCUT2D eigenvalue weighted by atomic mass is 35.5. The number of carbonyl (C=O) groups is 2. The van der Waals surface area contributed by atoms with Crippen LogP contribution in [0.5, 0.6) is 17.2 Å². The second kappa shape index (κ2) is 15.6.